The fourth-order valence-electron chi connectivity index (χ4n) is 2.23. The lowest BCUT2D eigenvalue weighted by atomic mass is 10.2. The van der Waals surface area contributed by atoms with Crippen molar-refractivity contribution in [3.05, 3.63) is 69.5 Å². The van der Waals surface area contributed by atoms with Gasteiger partial charge in [0.2, 0.25) is 11.8 Å². The van der Waals surface area contributed by atoms with Gasteiger partial charge in [-0.3, -0.25) is 4.90 Å². The van der Waals surface area contributed by atoms with E-state index in [1.54, 1.807) is 0 Å². The van der Waals surface area contributed by atoms with Crippen molar-refractivity contribution >= 4 is 27.5 Å². The Morgan fingerprint density at radius 2 is 1.78 bits per heavy atom. The molecule has 3 aromatic rings. The Labute approximate surface area is 148 Å². The Bertz CT molecular complexity index is 789. The van der Waals surface area contributed by atoms with E-state index in [1.165, 1.54) is 0 Å². The number of hydrogen-bond acceptors (Lipinski definition) is 4. The zero-order valence-corrected chi connectivity index (χ0v) is 14.9. The Morgan fingerprint density at radius 1 is 1.04 bits per heavy atom. The summed E-state index contributed by atoms with van der Waals surface area (Å²) in [6, 6.07) is 15.6. The zero-order valence-electron chi connectivity index (χ0n) is 12.5. The average molecular weight is 393 g/mol. The minimum atomic E-state index is 0.527. The molecule has 0 amide bonds. The van der Waals surface area contributed by atoms with Crippen LogP contribution in [0.15, 0.2) is 57.4 Å². The summed E-state index contributed by atoms with van der Waals surface area (Å²) in [5.41, 5.74) is 1.98. The van der Waals surface area contributed by atoms with E-state index in [1.807, 2.05) is 55.6 Å². The van der Waals surface area contributed by atoms with E-state index in [9.17, 15) is 0 Å². The highest BCUT2D eigenvalue weighted by atomic mass is 79.9. The van der Waals surface area contributed by atoms with Gasteiger partial charge in [-0.25, -0.2) is 0 Å². The second-order valence-corrected chi connectivity index (χ2v) is 6.59. The predicted molar refractivity (Wildman–Crippen MR) is 94.1 cm³/mol. The molecule has 0 bridgehead atoms. The Balaban J connectivity index is 1.67. The maximum atomic E-state index is 6.19. The highest BCUT2D eigenvalue weighted by Gasteiger charge is 2.11. The van der Waals surface area contributed by atoms with Crippen LogP contribution >= 0.6 is 27.5 Å². The van der Waals surface area contributed by atoms with Gasteiger partial charge in [-0.05, 0) is 42.9 Å². The fraction of sp³-hybridized carbons (Fsp3) is 0.176. The number of halogens is 2. The van der Waals surface area contributed by atoms with Gasteiger partial charge in [0.25, 0.3) is 0 Å². The molecule has 0 atom stereocenters. The van der Waals surface area contributed by atoms with Crippen LogP contribution in [0.3, 0.4) is 0 Å². The van der Waals surface area contributed by atoms with Gasteiger partial charge in [0.15, 0.2) is 0 Å². The molecule has 0 saturated heterocycles. The van der Waals surface area contributed by atoms with Crippen LogP contribution in [0.4, 0.5) is 0 Å². The fourth-order valence-corrected chi connectivity index (χ4v) is 2.69. The monoisotopic (exact) mass is 391 g/mol. The van der Waals surface area contributed by atoms with Crippen LogP contribution in [0.5, 0.6) is 0 Å². The Kier molecular flexibility index (Phi) is 5.10. The van der Waals surface area contributed by atoms with Crippen molar-refractivity contribution in [3.63, 3.8) is 0 Å². The molecule has 1 heterocycles. The number of nitrogens with zero attached hydrogens (tertiary/aromatic N) is 3. The molecular formula is C17H15BrClN3O. The lowest BCUT2D eigenvalue weighted by molar-refractivity contribution is 0.283. The first-order valence-electron chi connectivity index (χ1n) is 7.12. The second kappa shape index (κ2) is 7.25. The van der Waals surface area contributed by atoms with E-state index in [2.05, 4.69) is 31.0 Å². The largest absolute Gasteiger partial charge is 0.419 e. The molecule has 6 heteroatoms. The van der Waals surface area contributed by atoms with Crippen molar-refractivity contribution in [2.75, 3.05) is 7.05 Å². The first kappa shape index (κ1) is 16.2. The normalized spacial score (nSPS) is 11.1. The van der Waals surface area contributed by atoms with Crippen LogP contribution in [0.1, 0.15) is 11.5 Å². The predicted octanol–water partition coefficient (Wildman–Crippen LogP) is 4.78. The lowest BCUT2D eigenvalue weighted by Crippen LogP contribution is -2.17. The SMILES string of the molecule is CN(Cc1nnc(-c2ccc(Br)cc2)o1)Cc1ccccc1Cl. The molecule has 0 aliphatic heterocycles. The first-order valence-corrected chi connectivity index (χ1v) is 8.29. The average Bonchev–Trinajstić information content (AvgIpc) is 2.98. The van der Waals surface area contributed by atoms with Crippen molar-refractivity contribution in [3.8, 4) is 11.5 Å². The summed E-state index contributed by atoms with van der Waals surface area (Å²) in [7, 11) is 1.99. The first-order chi connectivity index (χ1) is 11.1. The van der Waals surface area contributed by atoms with Gasteiger partial charge in [-0.2, -0.15) is 0 Å². The van der Waals surface area contributed by atoms with Crippen molar-refractivity contribution in [1.82, 2.24) is 15.1 Å². The van der Waals surface area contributed by atoms with Crippen molar-refractivity contribution in [1.29, 1.82) is 0 Å². The van der Waals surface area contributed by atoms with E-state index in [0.717, 1.165) is 27.2 Å². The number of aromatic nitrogens is 2. The summed E-state index contributed by atoms with van der Waals surface area (Å²) >= 11 is 9.60. The van der Waals surface area contributed by atoms with Crippen LogP contribution in [0.2, 0.25) is 5.02 Å². The molecule has 4 nitrogen and oxygen atoms in total. The van der Waals surface area contributed by atoms with Gasteiger partial charge < -0.3 is 4.42 Å². The molecule has 0 fully saturated rings. The van der Waals surface area contributed by atoms with Gasteiger partial charge >= 0.3 is 0 Å². The van der Waals surface area contributed by atoms with E-state index in [4.69, 9.17) is 16.0 Å². The second-order valence-electron chi connectivity index (χ2n) is 5.27. The molecule has 1 aromatic heterocycles. The topological polar surface area (TPSA) is 42.2 Å². The molecule has 0 aliphatic rings. The highest BCUT2D eigenvalue weighted by Crippen LogP contribution is 2.21. The summed E-state index contributed by atoms with van der Waals surface area (Å²) < 4.78 is 6.75. The van der Waals surface area contributed by atoms with Gasteiger partial charge in [-0.15, -0.1) is 10.2 Å². The summed E-state index contributed by atoms with van der Waals surface area (Å²) in [4.78, 5) is 2.08. The van der Waals surface area contributed by atoms with Crippen LogP contribution in [-0.4, -0.2) is 22.1 Å². The Hall–Kier alpha value is -1.69. The van der Waals surface area contributed by atoms with Gasteiger partial charge in [0.1, 0.15) is 0 Å². The summed E-state index contributed by atoms with van der Waals surface area (Å²) in [5, 5.41) is 8.99. The van der Waals surface area contributed by atoms with E-state index < -0.39 is 0 Å². The van der Waals surface area contributed by atoms with Gasteiger partial charge in [0.05, 0.1) is 6.54 Å². The van der Waals surface area contributed by atoms with E-state index in [-0.39, 0.29) is 0 Å². The molecule has 118 valence electrons. The van der Waals surface area contributed by atoms with Crippen LogP contribution in [0.25, 0.3) is 11.5 Å². The number of rotatable bonds is 5. The van der Waals surface area contributed by atoms with Gasteiger partial charge in [-0.1, -0.05) is 45.7 Å². The van der Waals surface area contributed by atoms with Crippen LogP contribution < -0.4 is 0 Å². The lowest BCUT2D eigenvalue weighted by Gasteiger charge is -2.15. The molecule has 0 saturated carbocycles. The van der Waals surface area contributed by atoms with E-state index >= 15 is 0 Å². The smallest absolute Gasteiger partial charge is 0.247 e. The maximum Gasteiger partial charge on any atom is 0.247 e. The minimum Gasteiger partial charge on any atom is -0.419 e. The maximum absolute atomic E-state index is 6.19. The highest BCUT2D eigenvalue weighted by molar-refractivity contribution is 9.10. The molecule has 3 rings (SSSR count). The standard InChI is InChI=1S/C17H15BrClN3O/c1-22(10-13-4-2-3-5-15(13)19)11-16-20-21-17(23-16)12-6-8-14(18)9-7-12/h2-9H,10-11H2,1H3. The quantitative estimate of drug-likeness (QED) is 0.626. The number of benzene rings is 2. The number of hydrogen-bond donors (Lipinski definition) is 0. The van der Waals surface area contributed by atoms with Gasteiger partial charge in [0, 0.05) is 21.6 Å². The zero-order chi connectivity index (χ0) is 16.2. The summed E-state index contributed by atoms with van der Waals surface area (Å²) in [6.07, 6.45) is 0. The molecule has 23 heavy (non-hydrogen) atoms. The third kappa shape index (κ3) is 4.19. The van der Waals surface area contributed by atoms with E-state index in [0.29, 0.717) is 18.3 Å². The van der Waals surface area contributed by atoms with Crippen molar-refractivity contribution < 1.29 is 4.42 Å². The molecule has 2 aromatic carbocycles. The third-order valence-electron chi connectivity index (χ3n) is 3.36. The third-order valence-corrected chi connectivity index (χ3v) is 4.26. The molecule has 0 aliphatic carbocycles. The summed E-state index contributed by atoms with van der Waals surface area (Å²) in [6.45, 7) is 1.28. The minimum absolute atomic E-state index is 0.527. The van der Waals surface area contributed by atoms with Crippen LogP contribution in [-0.2, 0) is 13.1 Å². The molecule has 0 spiro atoms. The molecule has 0 N–H and O–H groups in total. The Morgan fingerprint density at radius 3 is 2.52 bits per heavy atom. The van der Waals surface area contributed by atoms with Crippen LogP contribution in [0, 0.1) is 0 Å². The van der Waals surface area contributed by atoms with Crippen molar-refractivity contribution in [2.24, 2.45) is 0 Å². The van der Waals surface area contributed by atoms with Crippen molar-refractivity contribution in [2.45, 2.75) is 13.1 Å². The molecular weight excluding hydrogens is 378 g/mol. The molecule has 0 unspecified atom stereocenters. The summed E-state index contributed by atoms with van der Waals surface area (Å²) in [5.74, 6) is 1.11. The molecule has 0 radical (unpaired) electrons.